The largest absolute Gasteiger partial charge is 0.481 e. The Hall–Kier alpha value is -3.04. The molecular formula is C20H20ClN3O5S. The summed E-state index contributed by atoms with van der Waals surface area (Å²) >= 11 is 5.92. The third-order valence-electron chi connectivity index (χ3n) is 4.11. The summed E-state index contributed by atoms with van der Waals surface area (Å²) in [5.41, 5.74) is 1.24. The van der Waals surface area contributed by atoms with E-state index in [1.165, 1.54) is 30.3 Å². The van der Waals surface area contributed by atoms with Crippen LogP contribution in [0.25, 0.3) is 0 Å². The topological polar surface area (TPSA) is 111 Å². The van der Waals surface area contributed by atoms with E-state index in [1.54, 1.807) is 32.0 Å². The number of carbonyl (C=O) groups is 1. The van der Waals surface area contributed by atoms with Gasteiger partial charge in [0.2, 0.25) is 0 Å². The average molecular weight is 450 g/mol. The smallest absolute Gasteiger partial charge is 0.265 e. The van der Waals surface area contributed by atoms with Crippen molar-refractivity contribution in [3.8, 4) is 5.75 Å². The average Bonchev–Trinajstić information content (AvgIpc) is 3.08. The van der Waals surface area contributed by atoms with Gasteiger partial charge < -0.3 is 14.6 Å². The number of carbonyl (C=O) groups excluding carboxylic acids is 1. The van der Waals surface area contributed by atoms with Crippen LogP contribution in [0.5, 0.6) is 5.75 Å². The van der Waals surface area contributed by atoms with Crippen molar-refractivity contribution in [1.29, 1.82) is 0 Å². The third kappa shape index (κ3) is 5.31. The Kier molecular flexibility index (Phi) is 6.33. The first kappa shape index (κ1) is 21.7. The van der Waals surface area contributed by atoms with Crippen LogP contribution in [-0.4, -0.2) is 25.6 Å². The van der Waals surface area contributed by atoms with Gasteiger partial charge in [0.1, 0.15) is 11.5 Å². The van der Waals surface area contributed by atoms with Gasteiger partial charge in [-0.05, 0) is 68.8 Å². The molecule has 0 bridgehead atoms. The maximum absolute atomic E-state index is 12.4. The first-order valence-electron chi connectivity index (χ1n) is 8.94. The minimum Gasteiger partial charge on any atom is -0.481 e. The Morgan fingerprint density at radius 1 is 1.13 bits per heavy atom. The van der Waals surface area contributed by atoms with Gasteiger partial charge in [0, 0.05) is 16.8 Å². The van der Waals surface area contributed by atoms with E-state index in [1.807, 2.05) is 6.92 Å². The van der Waals surface area contributed by atoms with Gasteiger partial charge in [0.15, 0.2) is 11.9 Å². The highest BCUT2D eigenvalue weighted by Crippen LogP contribution is 2.23. The van der Waals surface area contributed by atoms with Crippen molar-refractivity contribution in [3.63, 3.8) is 0 Å². The van der Waals surface area contributed by atoms with E-state index in [4.69, 9.17) is 20.9 Å². The molecule has 2 N–H and O–H groups in total. The zero-order chi connectivity index (χ0) is 21.9. The molecule has 10 heteroatoms. The van der Waals surface area contributed by atoms with Gasteiger partial charge in [0.05, 0.1) is 4.90 Å². The summed E-state index contributed by atoms with van der Waals surface area (Å²) in [7, 11) is -3.83. The van der Waals surface area contributed by atoms with Crippen LogP contribution in [0.4, 0.5) is 11.5 Å². The molecule has 0 fully saturated rings. The van der Waals surface area contributed by atoms with Crippen LogP contribution in [0.3, 0.4) is 0 Å². The number of nitrogens with one attached hydrogen (secondary N) is 2. The molecule has 2 aromatic carbocycles. The number of aryl methyl sites for hydroxylation is 2. The highest BCUT2D eigenvalue weighted by molar-refractivity contribution is 7.92. The van der Waals surface area contributed by atoms with E-state index in [-0.39, 0.29) is 16.6 Å². The molecule has 30 heavy (non-hydrogen) atoms. The summed E-state index contributed by atoms with van der Waals surface area (Å²) < 4.78 is 37.7. The van der Waals surface area contributed by atoms with Crippen LogP contribution >= 0.6 is 11.6 Å². The first-order valence-corrected chi connectivity index (χ1v) is 10.8. The van der Waals surface area contributed by atoms with E-state index in [0.717, 1.165) is 5.56 Å². The van der Waals surface area contributed by atoms with E-state index in [0.29, 0.717) is 22.2 Å². The van der Waals surface area contributed by atoms with Crippen molar-refractivity contribution in [2.45, 2.75) is 31.8 Å². The maximum atomic E-state index is 12.4. The number of ether oxygens (including phenoxy) is 1. The van der Waals surface area contributed by atoms with Gasteiger partial charge in [-0.15, -0.1) is 0 Å². The number of hydrogen-bond donors (Lipinski definition) is 2. The summed E-state index contributed by atoms with van der Waals surface area (Å²) in [5, 5.41) is 6.88. The molecule has 0 aliphatic heterocycles. The number of sulfonamides is 1. The quantitative estimate of drug-likeness (QED) is 0.560. The van der Waals surface area contributed by atoms with Crippen LogP contribution in [-0.2, 0) is 14.8 Å². The molecule has 1 aromatic heterocycles. The molecule has 3 aromatic rings. The zero-order valence-electron chi connectivity index (χ0n) is 16.5. The van der Waals surface area contributed by atoms with Crippen molar-refractivity contribution >= 4 is 39.0 Å². The Labute approximate surface area is 179 Å². The fourth-order valence-corrected chi connectivity index (χ4v) is 3.77. The lowest BCUT2D eigenvalue weighted by atomic mass is 10.2. The van der Waals surface area contributed by atoms with Gasteiger partial charge >= 0.3 is 0 Å². The molecule has 0 radical (unpaired) electrons. The summed E-state index contributed by atoms with van der Waals surface area (Å²) in [5.74, 6) is 0.748. The van der Waals surface area contributed by atoms with Gasteiger partial charge in [-0.3, -0.25) is 9.52 Å². The van der Waals surface area contributed by atoms with Crippen LogP contribution in [0.2, 0.25) is 5.02 Å². The summed E-state index contributed by atoms with van der Waals surface area (Å²) in [6.45, 7) is 5.10. The first-order chi connectivity index (χ1) is 14.1. The Balaban J connectivity index is 1.63. The molecule has 1 atom stereocenters. The summed E-state index contributed by atoms with van der Waals surface area (Å²) in [6.07, 6.45) is -0.773. The number of nitrogens with zero attached hydrogens (tertiary/aromatic N) is 1. The highest BCUT2D eigenvalue weighted by Gasteiger charge is 2.18. The fraction of sp³-hybridized carbons (Fsp3) is 0.200. The summed E-state index contributed by atoms with van der Waals surface area (Å²) in [4.78, 5) is 12.4. The predicted molar refractivity (Wildman–Crippen MR) is 113 cm³/mol. The normalized spacial score (nSPS) is 12.3. The van der Waals surface area contributed by atoms with Crippen LogP contribution in [0.1, 0.15) is 18.2 Å². The zero-order valence-corrected chi connectivity index (χ0v) is 18.0. The molecule has 0 spiro atoms. The lowest BCUT2D eigenvalue weighted by Gasteiger charge is -2.16. The van der Waals surface area contributed by atoms with Crippen molar-refractivity contribution in [3.05, 3.63) is 64.9 Å². The molecular weight excluding hydrogens is 430 g/mol. The monoisotopic (exact) mass is 449 g/mol. The molecule has 0 saturated heterocycles. The molecule has 158 valence electrons. The van der Waals surface area contributed by atoms with Gasteiger partial charge in [-0.1, -0.05) is 16.8 Å². The van der Waals surface area contributed by atoms with Gasteiger partial charge in [0.25, 0.3) is 15.9 Å². The van der Waals surface area contributed by atoms with E-state index in [2.05, 4.69) is 15.2 Å². The van der Waals surface area contributed by atoms with Crippen LogP contribution in [0.15, 0.2) is 57.9 Å². The number of rotatable bonds is 7. The SMILES string of the molecule is Cc1cc(NS(=O)(=O)c2ccc(NC(=O)[C@@H](C)Oc3ccc(Cl)cc3C)cc2)no1. The second-order valence-corrected chi connectivity index (χ2v) is 8.73. The molecule has 0 saturated carbocycles. The lowest BCUT2D eigenvalue weighted by Crippen LogP contribution is -2.30. The number of aromatic nitrogens is 1. The molecule has 0 aliphatic carbocycles. The van der Waals surface area contributed by atoms with Crippen molar-refractivity contribution in [2.75, 3.05) is 10.0 Å². The van der Waals surface area contributed by atoms with Crippen molar-refractivity contribution in [1.82, 2.24) is 5.16 Å². The van der Waals surface area contributed by atoms with Crippen molar-refractivity contribution in [2.24, 2.45) is 0 Å². The Morgan fingerprint density at radius 3 is 2.43 bits per heavy atom. The standard InChI is InChI=1S/C20H20ClN3O5S/c1-12-10-15(21)4-9-18(12)28-14(3)20(25)22-16-5-7-17(8-6-16)30(26,27)24-19-11-13(2)29-23-19/h4-11,14H,1-3H3,(H,22,25)(H,23,24)/t14-/m1/s1. The van der Waals surface area contributed by atoms with Crippen LogP contribution in [0, 0.1) is 13.8 Å². The minimum absolute atomic E-state index is 0.0160. The fourth-order valence-electron chi connectivity index (χ4n) is 2.56. The Bertz CT molecular complexity index is 1160. The second kappa shape index (κ2) is 8.76. The third-order valence-corrected chi connectivity index (χ3v) is 5.71. The molecule has 3 rings (SSSR count). The molecule has 0 aliphatic rings. The minimum atomic E-state index is -3.83. The highest BCUT2D eigenvalue weighted by atomic mass is 35.5. The molecule has 8 nitrogen and oxygen atoms in total. The Morgan fingerprint density at radius 2 is 1.83 bits per heavy atom. The second-order valence-electron chi connectivity index (χ2n) is 6.61. The molecule has 1 amide bonds. The molecule has 1 heterocycles. The van der Waals surface area contributed by atoms with Crippen LogP contribution < -0.4 is 14.8 Å². The van der Waals surface area contributed by atoms with E-state index in [9.17, 15) is 13.2 Å². The predicted octanol–water partition coefficient (Wildman–Crippen LogP) is 4.15. The maximum Gasteiger partial charge on any atom is 0.265 e. The van der Waals surface area contributed by atoms with E-state index >= 15 is 0 Å². The van der Waals surface area contributed by atoms with Gasteiger partial charge in [-0.25, -0.2) is 8.42 Å². The number of benzene rings is 2. The number of anilines is 2. The van der Waals surface area contributed by atoms with E-state index < -0.39 is 16.1 Å². The lowest BCUT2D eigenvalue weighted by molar-refractivity contribution is -0.122. The van der Waals surface area contributed by atoms with Gasteiger partial charge in [-0.2, -0.15) is 0 Å². The van der Waals surface area contributed by atoms with Crippen molar-refractivity contribution < 1.29 is 22.5 Å². The number of amides is 1. The number of halogens is 1. The summed E-state index contributed by atoms with van der Waals surface area (Å²) in [6, 6.07) is 12.3. The molecule has 0 unspecified atom stereocenters. The number of hydrogen-bond acceptors (Lipinski definition) is 6.